The smallest absolute Gasteiger partial charge is 0.226 e. The summed E-state index contributed by atoms with van der Waals surface area (Å²) in [7, 11) is 0. The first-order chi connectivity index (χ1) is 12.2. The third-order valence-corrected chi connectivity index (χ3v) is 4.85. The number of nitrogens with one attached hydrogen (secondary N) is 1. The maximum Gasteiger partial charge on any atom is 0.226 e. The minimum atomic E-state index is -0.389. The van der Waals surface area contributed by atoms with Crippen LogP contribution in [0.1, 0.15) is 18.4 Å². The number of pyridine rings is 1. The number of ether oxygens (including phenoxy) is 1. The van der Waals surface area contributed by atoms with Crippen molar-refractivity contribution in [2.75, 3.05) is 19.8 Å². The third-order valence-electron chi connectivity index (χ3n) is 4.85. The summed E-state index contributed by atoms with van der Waals surface area (Å²) in [6.45, 7) is 5.45. The number of benzene rings is 1. The molecule has 1 aliphatic heterocycles. The molecule has 0 radical (unpaired) electrons. The quantitative estimate of drug-likeness (QED) is 0.823. The zero-order chi connectivity index (χ0) is 17.5. The molecular weight excluding hydrogens is 312 g/mol. The Labute approximate surface area is 148 Å². The molecule has 0 aliphatic carbocycles. The molecule has 2 aromatic rings. The summed E-state index contributed by atoms with van der Waals surface area (Å²) in [6, 6.07) is 12.5. The second-order valence-corrected chi connectivity index (χ2v) is 6.50. The van der Waals surface area contributed by atoms with Gasteiger partial charge >= 0.3 is 0 Å². The molecule has 1 N–H and O–H groups in total. The van der Waals surface area contributed by atoms with E-state index in [2.05, 4.69) is 41.1 Å². The molecule has 1 fully saturated rings. The van der Waals surface area contributed by atoms with E-state index in [0.29, 0.717) is 19.8 Å². The fourth-order valence-corrected chi connectivity index (χ4v) is 3.35. The molecule has 4 heteroatoms. The van der Waals surface area contributed by atoms with Gasteiger partial charge in [0.2, 0.25) is 5.91 Å². The van der Waals surface area contributed by atoms with Crippen LogP contribution in [0.15, 0.2) is 61.4 Å². The number of carbonyl (C=O) groups excluding carboxylic acids is 1. The SMILES string of the molecule is C=CCNC(=O)C1(Cc2ccc(-c3ccncc3)cc2)CCOCC1. The van der Waals surface area contributed by atoms with E-state index in [-0.39, 0.29) is 11.3 Å². The van der Waals surface area contributed by atoms with Crippen LogP contribution >= 0.6 is 0 Å². The Balaban J connectivity index is 1.77. The van der Waals surface area contributed by atoms with E-state index in [4.69, 9.17) is 4.74 Å². The van der Waals surface area contributed by atoms with Crippen LogP contribution < -0.4 is 5.32 Å². The van der Waals surface area contributed by atoms with E-state index < -0.39 is 0 Å². The molecule has 1 aliphatic rings. The summed E-state index contributed by atoms with van der Waals surface area (Å²) in [6.07, 6.45) is 7.54. The molecule has 0 saturated carbocycles. The van der Waals surface area contributed by atoms with E-state index >= 15 is 0 Å². The Morgan fingerprint density at radius 3 is 2.40 bits per heavy atom. The minimum absolute atomic E-state index is 0.105. The lowest BCUT2D eigenvalue weighted by Gasteiger charge is -2.36. The molecule has 0 spiro atoms. The van der Waals surface area contributed by atoms with Gasteiger partial charge in [-0.05, 0) is 48.1 Å². The summed E-state index contributed by atoms with van der Waals surface area (Å²) in [4.78, 5) is 16.8. The van der Waals surface area contributed by atoms with Gasteiger partial charge in [-0.3, -0.25) is 9.78 Å². The molecule has 4 nitrogen and oxygen atoms in total. The van der Waals surface area contributed by atoms with Crippen LogP contribution in [0.2, 0.25) is 0 Å². The van der Waals surface area contributed by atoms with E-state index in [9.17, 15) is 4.79 Å². The van der Waals surface area contributed by atoms with E-state index in [1.54, 1.807) is 18.5 Å². The van der Waals surface area contributed by atoms with Gasteiger partial charge in [-0.15, -0.1) is 6.58 Å². The monoisotopic (exact) mass is 336 g/mol. The van der Waals surface area contributed by atoms with Crippen LogP contribution in [0.5, 0.6) is 0 Å². The number of aromatic nitrogens is 1. The van der Waals surface area contributed by atoms with Crippen molar-refractivity contribution in [3.05, 3.63) is 67.0 Å². The fraction of sp³-hybridized carbons (Fsp3) is 0.333. The highest BCUT2D eigenvalue weighted by Gasteiger charge is 2.39. The van der Waals surface area contributed by atoms with Gasteiger partial charge in [0.15, 0.2) is 0 Å². The first kappa shape index (κ1) is 17.4. The molecule has 0 unspecified atom stereocenters. The number of nitrogens with zero attached hydrogens (tertiary/aromatic N) is 1. The van der Waals surface area contributed by atoms with Gasteiger partial charge in [0, 0.05) is 32.2 Å². The Bertz CT molecular complexity index is 704. The van der Waals surface area contributed by atoms with Crippen LogP contribution in [0.25, 0.3) is 11.1 Å². The fourth-order valence-electron chi connectivity index (χ4n) is 3.35. The topological polar surface area (TPSA) is 51.2 Å². The van der Waals surface area contributed by atoms with Gasteiger partial charge in [-0.2, -0.15) is 0 Å². The van der Waals surface area contributed by atoms with Crippen molar-refractivity contribution in [1.29, 1.82) is 0 Å². The molecule has 1 amide bonds. The van der Waals surface area contributed by atoms with Crippen LogP contribution in [0, 0.1) is 5.41 Å². The number of hydrogen-bond acceptors (Lipinski definition) is 3. The van der Waals surface area contributed by atoms with Crippen molar-refractivity contribution < 1.29 is 9.53 Å². The van der Waals surface area contributed by atoms with E-state index in [0.717, 1.165) is 30.4 Å². The van der Waals surface area contributed by atoms with E-state index in [1.807, 2.05) is 12.1 Å². The van der Waals surface area contributed by atoms with Crippen molar-refractivity contribution in [1.82, 2.24) is 10.3 Å². The van der Waals surface area contributed by atoms with Crippen molar-refractivity contribution >= 4 is 5.91 Å². The predicted molar refractivity (Wildman–Crippen MR) is 99.1 cm³/mol. The second kappa shape index (κ2) is 8.08. The molecule has 1 aromatic carbocycles. The highest BCUT2D eigenvalue weighted by atomic mass is 16.5. The number of amides is 1. The summed E-state index contributed by atoms with van der Waals surface area (Å²) in [5, 5.41) is 2.98. The maximum atomic E-state index is 12.8. The van der Waals surface area contributed by atoms with Gasteiger partial charge in [0.1, 0.15) is 0 Å². The van der Waals surface area contributed by atoms with Crippen LogP contribution in [0.4, 0.5) is 0 Å². The highest BCUT2D eigenvalue weighted by molar-refractivity contribution is 5.83. The van der Waals surface area contributed by atoms with Gasteiger partial charge in [-0.1, -0.05) is 30.3 Å². The molecule has 130 valence electrons. The van der Waals surface area contributed by atoms with Crippen molar-refractivity contribution in [3.8, 4) is 11.1 Å². The lowest BCUT2D eigenvalue weighted by molar-refractivity contribution is -0.136. The largest absolute Gasteiger partial charge is 0.381 e. The average molecular weight is 336 g/mol. The zero-order valence-electron chi connectivity index (χ0n) is 14.4. The minimum Gasteiger partial charge on any atom is -0.381 e. The third kappa shape index (κ3) is 4.15. The van der Waals surface area contributed by atoms with Crippen LogP contribution in [-0.2, 0) is 16.0 Å². The standard InChI is InChI=1S/C21H24N2O2/c1-2-11-23-20(24)21(9-14-25-15-10-21)16-17-3-5-18(6-4-17)19-7-12-22-13-8-19/h2-8,12-13H,1,9-11,14-16H2,(H,23,24). The van der Waals surface area contributed by atoms with E-state index in [1.165, 1.54) is 5.56 Å². The summed E-state index contributed by atoms with van der Waals surface area (Å²) in [5.74, 6) is 0.105. The number of hydrogen-bond donors (Lipinski definition) is 1. The number of carbonyl (C=O) groups is 1. The summed E-state index contributed by atoms with van der Waals surface area (Å²) < 4.78 is 5.49. The van der Waals surface area contributed by atoms with Crippen molar-refractivity contribution in [2.45, 2.75) is 19.3 Å². The Hall–Kier alpha value is -2.46. The van der Waals surface area contributed by atoms with Gasteiger partial charge in [0.05, 0.1) is 5.41 Å². The Morgan fingerprint density at radius 1 is 1.12 bits per heavy atom. The Kier molecular flexibility index (Phi) is 5.61. The first-order valence-electron chi connectivity index (χ1n) is 8.70. The first-order valence-corrected chi connectivity index (χ1v) is 8.70. The van der Waals surface area contributed by atoms with Gasteiger partial charge in [0.25, 0.3) is 0 Å². The second-order valence-electron chi connectivity index (χ2n) is 6.50. The maximum absolute atomic E-state index is 12.8. The zero-order valence-corrected chi connectivity index (χ0v) is 14.4. The van der Waals surface area contributed by atoms with Crippen LogP contribution in [0.3, 0.4) is 0 Å². The molecule has 0 bridgehead atoms. The molecule has 0 atom stereocenters. The lowest BCUT2D eigenvalue weighted by Crippen LogP contribution is -2.46. The normalized spacial score (nSPS) is 16.2. The van der Waals surface area contributed by atoms with Crippen molar-refractivity contribution in [2.24, 2.45) is 5.41 Å². The molecule has 25 heavy (non-hydrogen) atoms. The predicted octanol–water partition coefficient (Wildman–Crippen LogP) is 3.39. The summed E-state index contributed by atoms with van der Waals surface area (Å²) >= 11 is 0. The van der Waals surface area contributed by atoms with Gasteiger partial charge in [-0.25, -0.2) is 0 Å². The van der Waals surface area contributed by atoms with Gasteiger partial charge < -0.3 is 10.1 Å². The molecule has 1 aromatic heterocycles. The van der Waals surface area contributed by atoms with Crippen molar-refractivity contribution in [3.63, 3.8) is 0 Å². The lowest BCUT2D eigenvalue weighted by atomic mass is 9.74. The highest BCUT2D eigenvalue weighted by Crippen LogP contribution is 2.35. The number of rotatable bonds is 6. The Morgan fingerprint density at radius 2 is 1.76 bits per heavy atom. The molecule has 3 rings (SSSR count). The molecule has 2 heterocycles. The summed E-state index contributed by atoms with van der Waals surface area (Å²) in [5.41, 5.74) is 3.09. The molecular formula is C21H24N2O2. The van der Waals surface area contributed by atoms with Crippen LogP contribution in [-0.4, -0.2) is 30.6 Å². The average Bonchev–Trinajstić information content (AvgIpc) is 2.68. The molecule has 1 saturated heterocycles.